The van der Waals surface area contributed by atoms with Crippen molar-refractivity contribution in [2.24, 2.45) is 0 Å². The molecule has 0 bridgehead atoms. The molecule has 1 rings (SSSR count). The summed E-state index contributed by atoms with van der Waals surface area (Å²) < 4.78 is 0. The van der Waals surface area contributed by atoms with Gasteiger partial charge in [-0.2, -0.15) is 0 Å². The highest BCUT2D eigenvalue weighted by atomic mass is 16.2. The number of hydrogen-bond acceptors (Lipinski definition) is 5. The quantitative estimate of drug-likeness (QED) is 0.532. The molecular weight excluding hydrogens is 236 g/mol. The summed E-state index contributed by atoms with van der Waals surface area (Å²) in [6.45, 7) is 6.41. The summed E-state index contributed by atoms with van der Waals surface area (Å²) in [7, 11) is 0. The summed E-state index contributed by atoms with van der Waals surface area (Å²) in [5.41, 5.74) is 0. The fraction of sp³-hybridized carbons (Fsp3) is 0.727. The third kappa shape index (κ3) is 6.31. The number of hydrogen-bond donors (Lipinski definition) is 3. The minimum absolute atomic E-state index is 0.259. The topological polar surface area (TPSA) is 90.5 Å². The van der Waals surface area contributed by atoms with Crippen LogP contribution in [0, 0.1) is 0 Å². The number of imide groups is 1. The van der Waals surface area contributed by atoms with Crippen molar-refractivity contribution in [3.63, 3.8) is 0 Å². The second-order valence-electron chi connectivity index (χ2n) is 4.27. The Morgan fingerprint density at radius 3 is 2.50 bits per heavy atom. The van der Waals surface area contributed by atoms with Gasteiger partial charge in [0.2, 0.25) is 5.91 Å². The molecule has 3 N–H and O–H groups in total. The third-order valence-corrected chi connectivity index (χ3v) is 2.59. The van der Waals surface area contributed by atoms with Crippen LogP contribution in [0.5, 0.6) is 0 Å². The predicted molar refractivity (Wildman–Crippen MR) is 66.1 cm³/mol. The average molecular weight is 256 g/mol. The fourth-order valence-electron chi connectivity index (χ4n) is 1.70. The van der Waals surface area contributed by atoms with Crippen LogP contribution in [0.1, 0.15) is 13.3 Å². The highest BCUT2D eigenvalue weighted by molar-refractivity contribution is 6.03. The van der Waals surface area contributed by atoms with Crippen LogP contribution in [-0.2, 0) is 9.59 Å². The molecule has 0 radical (unpaired) electrons. The van der Waals surface area contributed by atoms with Gasteiger partial charge in [0, 0.05) is 39.3 Å². The summed E-state index contributed by atoms with van der Waals surface area (Å²) in [6, 6.07) is -0.545. The average Bonchev–Trinajstić information content (AvgIpc) is 2.29. The summed E-state index contributed by atoms with van der Waals surface area (Å²) in [5.74, 6) is -0.830. The lowest BCUT2D eigenvalue weighted by molar-refractivity contribution is -0.126. The van der Waals surface area contributed by atoms with Crippen LogP contribution >= 0.6 is 0 Å². The molecule has 1 heterocycles. The van der Waals surface area contributed by atoms with Crippen LogP contribution < -0.4 is 16.0 Å². The van der Waals surface area contributed by atoms with Crippen molar-refractivity contribution in [1.82, 2.24) is 20.9 Å². The molecule has 3 amide bonds. The molecule has 0 atom stereocenters. The standard InChI is InChI=1S/C11H20N4O3/c1-9(16)8-10(17)14-11(18)13-4-7-15-5-2-12-3-6-15/h12H,2-8H2,1H3,(H2,13,14,17,18). The molecule has 1 aliphatic heterocycles. The molecule has 1 fully saturated rings. The number of carbonyl (C=O) groups is 3. The molecule has 0 unspecified atom stereocenters. The van der Waals surface area contributed by atoms with Crippen molar-refractivity contribution in [2.75, 3.05) is 39.3 Å². The molecule has 0 aromatic rings. The van der Waals surface area contributed by atoms with Gasteiger partial charge in [0.15, 0.2) is 0 Å². The van der Waals surface area contributed by atoms with Gasteiger partial charge in [0.05, 0.1) is 6.42 Å². The van der Waals surface area contributed by atoms with Crippen LogP contribution in [0.25, 0.3) is 0 Å². The molecule has 1 saturated heterocycles. The fourth-order valence-corrected chi connectivity index (χ4v) is 1.70. The van der Waals surface area contributed by atoms with E-state index in [9.17, 15) is 14.4 Å². The molecule has 1 aliphatic rings. The maximum Gasteiger partial charge on any atom is 0.321 e. The van der Waals surface area contributed by atoms with Crippen molar-refractivity contribution in [2.45, 2.75) is 13.3 Å². The van der Waals surface area contributed by atoms with Crippen LogP contribution in [0.3, 0.4) is 0 Å². The number of carbonyl (C=O) groups excluding carboxylic acids is 3. The zero-order valence-electron chi connectivity index (χ0n) is 10.6. The SMILES string of the molecule is CC(=O)CC(=O)NC(=O)NCCN1CCNCC1. The third-order valence-electron chi connectivity index (χ3n) is 2.59. The summed E-state index contributed by atoms with van der Waals surface area (Å²) in [6.07, 6.45) is -0.259. The smallest absolute Gasteiger partial charge is 0.321 e. The van der Waals surface area contributed by atoms with Gasteiger partial charge in [-0.3, -0.25) is 19.8 Å². The second-order valence-corrected chi connectivity index (χ2v) is 4.27. The van der Waals surface area contributed by atoms with Crippen LogP contribution in [-0.4, -0.2) is 61.9 Å². The zero-order valence-corrected chi connectivity index (χ0v) is 10.6. The number of rotatable bonds is 5. The first-order valence-corrected chi connectivity index (χ1v) is 6.08. The van der Waals surface area contributed by atoms with Crippen molar-refractivity contribution < 1.29 is 14.4 Å². The number of ketones is 1. The normalized spacial score (nSPS) is 16.1. The molecule has 7 nitrogen and oxygen atoms in total. The molecule has 0 aromatic heterocycles. The number of piperazine rings is 1. The van der Waals surface area contributed by atoms with E-state index >= 15 is 0 Å². The molecule has 0 aliphatic carbocycles. The number of amides is 3. The van der Waals surface area contributed by atoms with Crippen molar-refractivity contribution in [3.8, 4) is 0 Å². The van der Waals surface area contributed by atoms with Crippen LogP contribution in [0.2, 0.25) is 0 Å². The first-order valence-electron chi connectivity index (χ1n) is 6.08. The van der Waals surface area contributed by atoms with Crippen molar-refractivity contribution >= 4 is 17.7 Å². The summed E-state index contributed by atoms with van der Waals surface area (Å²) in [5, 5.41) is 7.94. The molecular formula is C11H20N4O3. The number of nitrogens with one attached hydrogen (secondary N) is 3. The molecule has 0 aromatic carbocycles. The second kappa shape index (κ2) is 7.78. The van der Waals surface area contributed by atoms with Crippen molar-refractivity contribution in [1.29, 1.82) is 0 Å². The minimum atomic E-state index is -0.567. The first kappa shape index (κ1) is 14.6. The molecule has 18 heavy (non-hydrogen) atoms. The molecule has 0 spiro atoms. The summed E-state index contributed by atoms with van der Waals surface area (Å²) in [4.78, 5) is 35.3. The largest absolute Gasteiger partial charge is 0.337 e. The lowest BCUT2D eigenvalue weighted by Crippen LogP contribution is -2.47. The van der Waals surface area contributed by atoms with Gasteiger partial charge < -0.3 is 10.6 Å². The van der Waals surface area contributed by atoms with E-state index in [2.05, 4.69) is 20.9 Å². The Balaban J connectivity index is 2.09. The van der Waals surface area contributed by atoms with E-state index in [1.165, 1.54) is 6.92 Å². The Hall–Kier alpha value is -1.47. The Bertz CT molecular complexity index is 313. The van der Waals surface area contributed by atoms with Gasteiger partial charge in [-0.15, -0.1) is 0 Å². The van der Waals surface area contributed by atoms with Crippen LogP contribution in [0.4, 0.5) is 4.79 Å². The summed E-state index contributed by atoms with van der Waals surface area (Å²) >= 11 is 0. The maximum absolute atomic E-state index is 11.3. The van der Waals surface area contributed by atoms with E-state index in [1.807, 2.05) is 0 Å². The molecule has 102 valence electrons. The van der Waals surface area contributed by atoms with E-state index < -0.39 is 11.9 Å². The van der Waals surface area contributed by atoms with Crippen LogP contribution in [0.15, 0.2) is 0 Å². The van der Waals surface area contributed by atoms with Gasteiger partial charge in [0.25, 0.3) is 0 Å². The predicted octanol–water partition coefficient (Wildman–Crippen LogP) is -1.30. The van der Waals surface area contributed by atoms with E-state index in [0.717, 1.165) is 32.7 Å². The van der Waals surface area contributed by atoms with E-state index in [-0.39, 0.29) is 12.2 Å². The highest BCUT2D eigenvalue weighted by Gasteiger charge is 2.11. The van der Waals surface area contributed by atoms with Gasteiger partial charge in [-0.25, -0.2) is 4.79 Å². The minimum Gasteiger partial charge on any atom is -0.337 e. The number of nitrogens with zero attached hydrogens (tertiary/aromatic N) is 1. The Morgan fingerprint density at radius 1 is 1.22 bits per heavy atom. The van der Waals surface area contributed by atoms with Gasteiger partial charge in [-0.05, 0) is 6.92 Å². The molecule has 0 saturated carbocycles. The Labute approximate surface area is 106 Å². The maximum atomic E-state index is 11.3. The Morgan fingerprint density at radius 2 is 1.89 bits per heavy atom. The first-order chi connectivity index (χ1) is 8.58. The lowest BCUT2D eigenvalue weighted by Gasteiger charge is -2.27. The van der Waals surface area contributed by atoms with Gasteiger partial charge >= 0.3 is 6.03 Å². The van der Waals surface area contributed by atoms with Crippen molar-refractivity contribution in [3.05, 3.63) is 0 Å². The van der Waals surface area contributed by atoms with Gasteiger partial charge in [-0.1, -0.05) is 0 Å². The highest BCUT2D eigenvalue weighted by Crippen LogP contribution is 1.89. The number of urea groups is 1. The Kier molecular flexibility index (Phi) is 6.31. The van der Waals surface area contributed by atoms with E-state index in [4.69, 9.17) is 0 Å². The van der Waals surface area contributed by atoms with E-state index in [0.29, 0.717) is 6.54 Å². The zero-order chi connectivity index (χ0) is 13.4. The van der Waals surface area contributed by atoms with E-state index in [1.54, 1.807) is 0 Å². The molecule has 7 heteroatoms. The van der Waals surface area contributed by atoms with Gasteiger partial charge in [0.1, 0.15) is 5.78 Å². The monoisotopic (exact) mass is 256 g/mol. The number of Topliss-reactive ketones (excluding diaryl/α,β-unsaturated/α-hetero) is 1. The lowest BCUT2D eigenvalue weighted by atomic mass is 10.3.